The summed E-state index contributed by atoms with van der Waals surface area (Å²) in [6, 6.07) is -0.235. The van der Waals surface area contributed by atoms with Crippen LogP contribution in [-0.2, 0) is 20.9 Å². The Bertz CT molecular complexity index is 625. The zero-order chi connectivity index (χ0) is 17.4. The molecule has 0 bridgehead atoms. The van der Waals surface area contributed by atoms with E-state index in [9.17, 15) is 4.79 Å². The second-order valence-electron chi connectivity index (χ2n) is 7.41. The SMILES string of the molecule is Cc1ncsc1CN1CC2(C1)CN(C)C(C(=O)N1CCCCO1)CO2. The maximum atomic E-state index is 12.7. The van der Waals surface area contributed by atoms with Gasteiger partial charge in [-0.2, -0.15) is 0 Å². The lowest BCUT2D eigenvalue weighted by Gasteiger charge is -2.55. The number of carbonyl (C=O) groups excluding carboxylic acids is 1. The molecule has 3 aliphatic rings. The number of hydrogen-bond acceptors (Lipinski definition) is 7. The number of likely N-dealkylation sites (tertiary alicyclic amines) is 1. The Labute approximate surface area is 152 Å². The Kier molecular flexibility index (Phi) is 4.81. The van der Waals surface area contributed by atoms with Crippen LogP contribution in [-0.4, -0.2) is 83.8 Å². The van der Waals surface area contributed by atoms with Crippen LogP contribution in [0.3, 0.4) is 0 Å². The van der Waals surface area contributed by atoms with Gasteiger partial charge in [-0.15, -0.1) is 11.3 Å². The van der Waals surface area contributed by atoms with Crippen molar-refractivity contribution in [2.75, 3.05) is 46.4 Å². The molecule has 1 spiro atoms. The number of hydroxylamine groups is 2. The monoisotopic (exact) mass is 366 g/mol. The van der Waals surface area contributed by atoms with E-state index in [4.69, 9.17) is 9.57 Å². The Hall–Kier alpha value is -1.06. The number of nitrogens with zero attached hydrogens (tertiary/aromatic N) is 4. The fourth-order valence-electron chi connectivity index (χ4n) is 3.94. The molecule has 1 aromatic heterocycles. The van der Waals surface area contributed by atoms with Crippen molar-refractivity contribution in [2.24, 2.45) is 0 Å². The van der Waals surface area contributed by atoms with Crippen LogP contribution in [0.15, 0.2) is 5.51 Å². The molecular weight excluding hydrogens is 340 g/mol. The Morgan fingerprint density at radius 1 is 1.40 bits per heavy atom. The smallest absolute Gasteiger partial charge is 0.265 e. The Morgan fingerprint density at radius 3 is 2.88 bits per heavy atom. The number of ether oxygens (including phenoxy) is 1. The first-order valence-corrected chi connectivity index (χ1v) is 9.84. The van der Waals surface area contributed by atoms with Gasteiger partial charge in [0.05, 0.1) is 24.4 Å². The number of likely N-dealkylation sites (N-methyl/N-ethyl adjacent to an activating group) is 1. The quantitative estimate of drug-likeness (QED) is 0.792. The molecule has 7 nitrogen and oxygen atoms in total. The van der Waals surface area contributed by atoms with Crippen LogP contribution in [0, 0.1) is 6.92 Å². The number of aromatic nitrogens is 1. The number of morpholine rings is 1. The summed E-state index contributed by atoms with van der Waals surface area (Å²) in [6.45, 7) is 7.39. The van der Waals surface area contributed by atoms with Crippen LogP contribution in [0.5, 0.6) is 0 Å². The highest BCUT2D eigenvalue weighted by Crippen LogP contribution is 2.33. The maximum Gasteiger partial charge on any atom is 0.265 e. The highest BCUT2D eigenvalue weighted by atomic mass is 32.1. The molecule has 1 aromatic rings. The molecule has 0 N–H and O–H groups in total. The van der Waals surface area contributed by atoms with Crippen molar-refractivity contribution in [3.8, 4) is 0 Å². The first-order chi connectivity index (χ1) is 12.1. The number of hydrogen-bond donors (Lipinski definition) is 0. The van der Waals surface area contributed by atoms with Crippen molar-refractivity contribution in [3.05, 3.63) is 16.1 Å². The number of aryl methyl sites for hydroxylation is 1. The summed E-state index contributed by atoms with van der Waals surface area (Å²) in [5, 5.41) is 1.53. The average molecular weight is 366 g/mol. The summed E-state index contributed by atoms with van der Waals surface area (Å²) < 4.78 is 6.18. The van der Waals surface area contributed by atoms with Crippen molar-refractivity contribution in [2.45, 2.75) is 38.0 Å². The summed E-state index contributed by atoms with van der Waals surface area (Å²) in [6.07, 6.45) is 2.04. The predicted molar refractivity (Wildman–Crippen MR) is 94.1 cm³/mol. The lowest BCUT2D eigenvalue weighted by Crippen LogP contribution is -2.72. The van der Waals surface area contributed by atoms with Crippen molar-refractivity contribution in [1.82, 2.24) is 19.8 Å². The largest absolute Gasteiger partial charge is 0.369 e. The van der Waals surface area contributed by atoms with E-state index in [0.29, 0.717) is 19.8 Å². The van der Waals surface area contributed by atoms with Gasteiger partial charge < -0.3 is 4.74 Å². The van der Waals surface area contributed by atoms with Crippen molar-refractivity contribution >= 4 is 17.2 Å². The van der Waals surface area contributed by atoms with Crippen LogP contribution in [0.1, 0.15) is 23.4 Å². The normalized spacial score (nSPS) is 27.4. The zero-order valence-corrected chi connectivity index (χ0v) is 15.8. The molecule has 0 radical (unpaired) electrons. The van der Waals surface area contributed by atoms with Crippen LogP contribution >= 0.6 is 11.3 Å². The summed E-state index contributed by atoms with van der Waals surface area (Å²) in [5.41, 5.74) is 2.90. The number of rotatable bonds is 3. The van der Waals surface area contributed by atoms with E-state index in [1.54, 1.807) is 11.3 Å². The molecule has 25 heavy (non-hydrogen) atoms. The third kappa shape index (κ3) is 3.46. The minimum absolute atomic E-state index is 0.0357. The van der Waals surface area contributed by atoms with Gasteiger partial charge in [-0.05, 0) is 26.8 Å². The second kappa shape index (κ2) is 6.92. The summed E-state index contributed by atoms with van der Waals surface area (Å²) >= 11 is 1.71. The van der Waals surface area contributed by atoms with Gasteiger partial charge in [-0.3, -0.25) is 19.4 Å². The third-order valence-electron chi connectivity index (χ3n) is 5.39. The Balaban J connectivity index is 1.30. The van der Waals surface area contributed by atoms with Gasteiger partial charge in [-0.25, -0.2) is 10.0 Å². The van der Waals surface area contributed by atoms with Crippen LogP contribution < -0.4 is 0 Å². The first kappa shape index (κ1) is 17.4. The molecule has 0 aliphatic carbocycles. The molecule has 4 rings (SSSR count). The third-order valence-corrected chi connectivity index (χ3v) is 6.31. The molecule has 138 valence electrons. The van der Waals surface area contributed by atoms with Gasteiger partial charge in [0.15, 0.2) is 0 Å². The molecule has 1 amide bonds. The van der Waals surface area contributed by atoms with Gasteiger partial charge >= 0.3 is 0 Å². The van der Waals surface area contributed by atoms with Crippen molar-refractivity contribution < 1.29 is 14.4 Å². The van der Waals surface area contributed by atoms with Crippen LogP contribution in [0.25, 0.3) is 0 Å². The van der Waals surface area contributed by atoms with E-state index in [2.05, 4.69) is 21.7 Å². The average Bonchev–Trinajstić information content (AvgIpc) is 2.99. The van der Waals surface area contributed by atoms with Gasteiger partial charge in [0.25, 0.3) is 5.91 Å². The fourth-order valence-corrected chi connectivity index (χ4v) is 4.76. The van der Waals surface area contributed by atoms with Gasteiger partial charge in [-0.1, -0.05) is 0 Å². The minimum Gasteiger partial charge on any atom is -0.369 e. The molecule has 3 fully saturated rings. The molecule has 4 heterocycles. The summed E-state index contributed by atoms with van der Waals surface area (Å²) in [4.78, 5) is 28.3. The van der Waals surface area contributed by atoms with Gasteiger partial charge in [0, 0.05) is 37.6 Å². The van der Waals surface area contributed by atoms with E-state index < -0.39 is 0 Å². The lowest BCUT2D eigenvalue weighted by atomic mass is 9.90. The van der Waals surface area contributed by atoms with Crippen LogP contribution in [0.4, 0.5) is 0 Å². The van der Waals surface area contributed by atoms with E-state index in [0.717, 1.165) is 44.7 Å². The zero-order valence-electron chi connectivity index (χ0n) is 14.9. The molecular formula is C17H26N4O3S. The lowest BCUT2D eigenvalue weighted by molar-refractivity contribution is -0.224. The molecule has 0 aromatic carbocycles. The van der Waals surface area contributed by atoms with Gasteiger partial charge in [0.1, 0.15) is 11.6 Å². The second-order valence-corrected chi connectivity index (χ2v) is 8.35. The minimum atomic E-state index is -0.235. The molecule has 1 atom stereocenters. The van der Waals surface area contributed by atoms with Crippen molar-refractivity contribution in [3.63, 3.8) is 0 Å². The van der Waals surface area contributed by atoms with E-state index in [1.807, 2.05) is 12.6 Å². The Morgan fingerprint density at radius 2 is 2.24 bits per heavy atom. The van der Waals surface area contributed by atoms with Gasteiger partial charge in [0.2, 0.25) is 0 Å². The standard InChI is InChI=1S/C17H26N4O3S/c1-13-15(25-12-18-13)7-20-10-17(11-20)9-19(2)14(8-23-17)16(22)21-5-3-4-6-24-21/h12,14H,3-11H2,1-2H3. The highest BCUT2D eigenvalue weighted by molar-refractivity contribution is 7.09. The van der Waals surface area contributed by atoms with Crippen LogP contribution in [0.2, 0.25) is 0 Å². The van der Waals surface area contributed by atoms with E-state index in [1.165, 1.54) is 9.94 Å². The highest BCUT2D eigenvalue weighted by Gasteiger charge is 2.50. The fraction of sp³-hybridized carbons (Fsp3) is 0.765. The summed E-state index contributed by atoms with van der Waals surface area (Å²) in [5.74, 6) is 0.0357. The molecule has 1 unspecified atom stereocenters. The predicted octanol–water partition coefficient (Wildman–Crippen LogP) is 0.891. The molecule has 3 aliphatic heterocycles. The van der Waals surface area contributed by atoms with E-state index in [-0.39, 0.29) is 17.6 Å². The molecule has 0 saturated carbocycles. The number of amides is 1. The first-order valence-electron chi connectivity index (χ1n) is 8.96. The number of thiazole rings is 1. The number of carbonyl (C=O) groups is 1. The maximum absolute atomic E-state index is 12.7. The molecule has 8 heteroatoms. The summed E-state index contributed by atoms with van der Waals surface area (Å²) in [7, 11) is 2.02. The van der Waals surface area contributed by atoms with Crippen molar-refractivity contribution in [1.29, 1.82) is 0 Å². The molecule has 3 saturated heterocycles. The van der Waals surface area contributed by atoms with E-state index >= 15 is 0 Å². The topological polar surface area (TPSA) is 58.1 Å².